The van der Waals surface area contributed by atoms with Gasteiger partial charge in [-0.1, -0.05) is 24.3 Å². The summed E-state index contributed by atoms with van der Waals surface area (Å²) in [6.07, 6.45) is 0.892. The number of rotatable bonds is 5. The molecule has 21 heavy (non-hydrogen) atoms. The number of halogens is 1. The molecule has 0 aliphatic heterocycles. The lowest BCUT2D eigenvalue weighted by Gasteiger charge is -2.04. The Hall–Kier alpha value is -2.40. The van der Waals surface area contributed by atoms with Crippen LogP contribution in [0.15, 0.2) is 42.5 Å². The SMILES string of the molecule is NCCc1ccc(CNc2nc3ccc(F)cc3[nH]2)cc1. The predicted molar refractivity (Wildman–Crippen MR) is 82.6 cm³/mol. The number of imidazole rings is 1. The fraction of sp³-hybridized carbons (Fsp3) is 0.188. The van der Waals surface area contributed by atoms with Gasteiger partial charge in [-0.2, -0.15) is 0 Å². The number of anilines is 1. The van der Waals surface area contributed by atoms with Crippen molar-refractivity contribution >= 4 is 17.0 Å². The van der Waals surface area contributed by atoms with Crippen molar-refractivity contribution in [2.45, 2.75) is 13.0 Å². The molecule has 0 atom stereocenters. The van der Waals surface area contributed by atoms with Crippen LogP contribution in [0, 0.1) is 5.82 Å². The van der Waals surface area contributed by atoms with E-state index in [0.29, 0.717) is 24.6 Å². The highest BCUT2D eigenvalue weighted by molar-refractivity contribution is 5.77. The molecule has 0 aliphatic rings. The van der Waals surface area contributed by atoms with Crippen LogP contribution in [0.1, 0.15) is 11.1 Å². The van der Waals surface area contributed by atoms with E-state index in [4.69, 9.17) is 5.73 Å². The van der Waals surface area contributed by atoms with Crippen LogP contribution < -0.4 is 11.1 Å². The summed E-state index contributed by atoms with van der Waals surface area (Å²) in [5, 5.41) is 3.21. The molecule has 0 spiro atoms. The normalized spacial score (nSPS) is 11.0. The Morgan fingerprint density at radius 3 is 2.62 bits per heavy atom. The lowest BCUT2D eigenvalue weighted by molar-refractivity contribution is 0.629. The van der Waals surface area contributed by atoms with Gasteiger partial charge in [-0.3, -0.25) is 0 Å². The first-order valence-corrected chi connectivity index (χ1v) is 6.91. The van der Waals surface area contributed by atoms with E-state index in [9.17, 15) is 4.39 Å². The first-order chi connectivity index (χ1) is 10.2. The third-order valence-electron chi connectivity index (χ3n) is 3.36. The van der Waals surface area contributed by atoms with Crippen molar-refractivity contribution in [1.82, 2.24) is 9.97 Å². The van der Waals surface area contributed by atoms with E-state index in [1.807, 2.05) is 0 Å². The summed E-state index contributed by atoms with van der Waals surface area (Å²) in [4.78, 5) is 7.43. The van der Waals surface area contributed by atoms with Crippen molar-refractivity contribution in [2.75, 3.05) is 11.9 Å². The van der Waals surface area contributed by atoms with Gasteiger partial charge in [0.1, 0.15) is 5.82 Å². The van der Waals surface area contributed by atoms with Crippen molar-refractivity contribution in [3.8, 4) is 0 Å². The van der Waals surface area contributed by atoms with Crippen LogP contribution in [0.5, 0.6) is 0 Å². The molecular formula is C16H17FN4. The number of H-pyrrole nitrogens is 1. The average Bonchev–Trinajstić information content (AvgIpc) is 2.89. The summed E-state index contributed by atoms with van der Waals surface area (Å²) in [7, 11) is 0. The zero-order valence-corrected chi connectivity index (χ0v) is 11.6. The van der Waals surface area contributed by atoms with Crippen molar-refractivity contribution in [1.29, 1.82) is 0 Å². The van der Waals surface area contributed by atoms with Gasteiger partial charge in [-0.25, -0.2) is 9.37 Å². The Balaban J connectivity index is 1.68. The molecule has 0 unspecified atom stereocenters. The second-order valence-electron chi connectivity index (χ2n) is 4.96. The molecule has 0 bridgehead atoms. The predicted octanol–water partition coefficient (Wildman–Crippen LogP) is 2.82. The highest BCUT2D eigenvalue weighted by atomic mass is 19.1. The van der Waals surface area contributed by atoms with E-state index in [0.717, 1.165) is 17.5 Å². The molecule has 1 aromatic heterocycles. The fourth-order valence-corrected chi connectivity index (χ4v) is 2.24. The van der Waals surface area contributed by atoms with Crippen LogP contribution in [0.2, 0.25) is 0 Å². The number of nitrogens with two attached hydrogens (primary N) is 1. The second-order valence-corrected chi connectivity index (χ2v) is 4.96. The van der Waals surface area contributed by atoms with Crippen LogP contribution >= 0.6 is 0 Å². The summed E-state index contributed by atoms with van der Waals surface area (Å²) < 4.78 is 13.1. The maximum Gasteiger partial charge on any atom is 0.201 e. The summed E-state index contributed by atoms with van der Waals surface area (Å²) in [5.41, 5.74) is 9.36. The molecule has 0 fully saturated rings. The summed E-state index contributed by atoms with van der Waals surface area (Å²) in [5.74, 6) is 0.370. The Bertz CT molecular complexity index is 734. The number of aromatic nitrogens is 2. The molecule has 108 valence electrons. The molecule has 0 amide bonds. The third kappa shape index (κ3) is 3.20. The first-order valence-electron chi connectivity index (χ1n) is 6.91. The minimum absolute atomic E-state index is 0.270. The van der Waals surface area contributed by atoms with Gasteiger partial charge in [-0.05, 0) is 42.3 Å². The maximum atomic E-state index is 13.1. The van der Waals surface area contributed by atoms with E-state index in [1.54, 1.807) is 6.07 Å². The van der Waals surface area contributed by atoms with Crippen LogP contribution in [-0.4, -0.2) is 16.5 Å². The number of fused-ring (bicyclic) bond motifs is 1. The molecule has 2 aromatic carbocycles. The third-order valence-corrected chi connectivity index (χ3v) is 3.36. The number of benzene rings is 2. The zero-order chi connectivity index (χ0) is 14.7. The molecule has 3 rings (SSSR count). The average molecular weight is 284 g/mol. The quantitative estimate of drug-likeness (QED) is 0.675. The molecule has 4 nitrogen and oxygen atoms in total. The van der Waals surface area contributed by atoms with Gasteiger partial charge in [0.15, 0.2) is 0 Å². The second kappa shape index (κ2) is 5.93. The van der Waals surface area contributed by atoms with Crippen molar-refractivity contribution in [2.24, 2.45) is 5.73 Å². The standard InChI is InChI=1S/C16H17FN4/c17-13-5-6-14-15(9-13)21-16(20-14)19-10-12-3-1-11(2-4-12)7-8-18/h1-6,9H,7-8,10,18H2,(H2,19,20,21). The molecule has 0 radical (unpaired) electrons. The lowest BCUT2D eigenvalue weighted by Crippen LogP contribution is -2.03. The summed E-state index contributed by atoms with van der Waals surface area (Å²) in [6.45, 7) is 1.32. The van der Waals surface area contributed by atoms with Gasteiger partial charge >= 0.3 is 0 Å². The Labute approximate surface area is 122 Å². The van der Waals surface area contributed by atoms with Crippen LogP contribution in [0.4, 0.5) is 10.3 Å². The molecule has 1 heterocycles. The van der Waals surface area contributed by atoms with Gasteiger partial charge in [0.05, 0.1) is 11.0 Å². The fourth-order valence-electron chi connectivity index (χ4n) is 2.24. The molecule has 3 aromatic rings. The molecule has 0 aliphatic carbocycles. The first kappa shape index (κ1) is 13.6. The van der Waals surface area contributed by atoms with E-state index >= 15 is 0 Å². The molecule has 5 heteroatoms. The van der Waals surface area contributed by atoms with Gasteiger partial charge in [0.25, 0.3) is 0 Å². The minimum Gasteiger partial charge on any atom is -0.352 e. The van der Waals surface area contributed by atoms with Crippen LogP contribution in [0.3, 0.4) is 0 Å². The van der Waals surface area contributed by atoms with E-state index in [2.05, 4.69) is 39.6 Å². The highest BCUT2D eigenvalue weighted by Crippen LogP contribution is 2.16. The van der Waals surface area contributed by atoms with Gasteiger partial charge in [-0.15, -0.1) is 0 Å². The Kier molecular flexibility index (Phi) is 3.83. The molecule has 0 saturated heterocycles. The monoisotopic (exact) mass is 284 g/mol. The number of nitrogens with one attached hydrogen (secondary N) is 2. The Morgan fingerprint density at radius 2 is 1.86 bits per heavy atom. The molecule has 4 N–H and O–H groups in total. The van der Waals surface area contributed by atoms with Crippen LogP contribution in [0.25, 0.3) is 11.0 Å². The van der Waals surface area contributed by atoms with Gasteiger partial charge < -0.3 is 16.0 Å². The highest BCUT2D eigenvalue weighted by Gasteiger charge is 2.03. The minimum atomic E-state index is -0.270. The van der Waals surface area contributed by atoms with Crippen molar-refractivity contribution in [3.05, 3.63) is 59.4 Å². The lowest BCUT2D eigenvalue weighted by atomic mass is 10.1. The number of nitrogens with zero attached hydrogens (tertiary/aromatic N) is 1. The number of hydrogen-bond donors (Lipinski definition) is 3. The largest absolute Gasteiger partial charge is 0.352 e. The van der Waals surface area contributed by atoms with E-state index < -0.39 is 0 Å². The molecule has 0 saturated carbocycles. The van der Waals surface area contributed by atoms with Crippen LogP contribution in [-0.2, 0) is 13.0 Å². The topological polar surface area (TPSA) is 66.7 Å². The Morgan fingerprint density at radius 1 is 1.10 bits per heavy atom. The number of aromatic amines is 1. The number of hydrogen-bond acceptors (Lipinski definition) is 3. The van der Waals surface area contributed by atoms with Crippen molar-refractivity contribution in [3.63, 3.8) is 0 Å². The summed E-state index contributed by atoms with van der Waals surface area (Å²) >= 11 is 0. The van der Waals surface area contributed by atoms with Gasteiger partial charge in [0, 0.05) is 6.54 Å². The van der Waals surface area contributed by atoms with Gasteiger partial charge in [0.2, 0.25) is 5.95 Å². The van der Waals surface area contributed by atoms with E-state index in [-0.39, 0.29) is 5.82 Å². The maximum absolute atomic E-state index is 13.1. The zero-order valence-electron chi connectivity index (χ0n) is 11.6. The van der Waals surface area contributed by atoms with E-state index in [1.165, 1.54) is 17.7 Å². The van der Waals surface area contributed by atoms with Crippen molar-refractivity contribution < 1.29 is 4.39 Å². The summed E-state index contributed by atoms with van der Waals surface area (Å²) in [6, 6.07) is 12.8. The smallest absolute Gasteiger partial charge is 0.201 e. The molecular weight excluding hydrogens is 267 g/mol.